The number of rotatable bonds is 5. The summed E-state index contributed by atoms with van der Waals surface area (Å²) in [5.74, 6) is 0.449. The molecule has 3 nitrogen and oxygen atoms in total. The highest BCUT2D eigenvalue weighted by Gasteiger charge is 2.23. The summed E-state index contributed by atoms with van der Waals surface area (Å²) in [5.41, 5.74) is 2.33. The topological polar surface area (TPSA) is 35.5 Å². The van der Waals surface area contributed by atoms with Crippen LogP contribution in [-0.2, 0) is 0 Å². The maximum Gasteiger partial charge on any atom is 0.120 e. The standard InChI is InChI=1S/C16H26N2O/c1-3-4-5-15(18-10-8-17-9-11-18)14-12-13(2)6-7-16(14)19/h6-7,12,15,17,19H,3-5,8-11H2,1-2H3/t15-/m0/s1. The molecule has 0 aromatic heterocycles. The van der Waals surface area contributed by atoms with Gasteiger partial charge in [0.15, 0.2) is 0 Å². The predicted octanol–water partition coefficient (Wildman–Crippen LogP) is 2.84. The second kappa shape index (κ2) is 6.92. The van der Waals surface area contributed by atoms with Crippen molar-refractivity contribution in [1.29, 1.82) is 0 Å². The van der Waals surface area contributed by atoms with E-state index in [-0.39, 0.29) is 0 Å². The van der Waals surface area contributed by atoms with Crippen molar-refractivity contribution in [2.75, 3.05) is 26.2 Å². The highest BCUT2D eigenvalue weighted by molar-refractivity contribution is 5.38. The number of phenolic OH excluding ortho intramolecular Hbond substituents is 1. The van der Waals surface area contributed by atoms with Crippen LogP contribution in [0.5, 0.6) is 5.75 Å². The zero-order valence-corrected chi connectivity index (χ0v) is 12.2. The van der Waals surface area contributed by atoms with Crippen LogP contribution in [0.25, 0.3) is 0 Å². The Balaban J connectivity index is 2.22. The van der Waals surface area contributed by atoms with Crippen LogP contribution in [0.15, 0.2) is 18.2 Å². The van der Waals surface area contributed by atoms with Gasteiger partial charge in [-0.3, -0.25) is 4.90 Å². The Kier molecular flexibility index (Phi) is 5.23. The van der Waals surface area contributed by atoms with Crippen molar-refractivity contribution in [2.24, 2.45) is 0 Å². The number of hydrogen-bond acceptors (Lipinski definition) is 3. The first-order valence-corrected chi connectivity index (χ1v) is 7.46. The van der Waals surface area contributed by atoms with E-state index in [1.807, 2.05) is 12.1 Å². The van der Waals surface area contributed by atoms with E-state index in [1.54, 1.807) is 0 Å². The van der Waals surface area contributed by atoms with Crippen LogP contribution in [0.1, 0.15) is 43.4 Å². The van der Waals surface area contributed by atoms with E-state index in [2.05, 4.69) is 30.1 Å². The van der Waals surface area contributed by atoms with Crippen LogP contribution >= 0.6 is 0 Å². The minimum absolute atomic E-state index is 0.363. The Morgan fingerprint density at radius 3 is 2.74 bits per heavy atom. The number of hydrogen-bond donors (Lipinski definition) is 2. The molecule has 1 aromatic carbocycles. The highest BCUT2D eigenvalue weighted by Crippen LogP contribution is 2.33. The summed E-state index contributed by atoms with van der Waals surface area (Å²) in [6.45, 7) is 8.57. The van der Waals surface area contributed by atoms with Crippen molar-refractivity contribution in [1.82, 2.24) is 10.2 Å². The van der Waals surface area contributed by atoms with E-state index in [0.717, 1.165) is 38.2 Å². The van der Waals surface area contributed by atoms with E-state index in [9.17, 15) is 5.11 Å². The molecule has 1 aliphatic heterocycles. The smallest absolute Gasteiger partial charge is 0.120 e. The Morgan fingerprint density at radius 2 is 2.05 bits per heavy atom. The van der Waals surface area contributed by atoms with Crippen molar-refractivity contribution < 1.29 is 5.11 Å². The summed E-state index contributed by atoms with van der Waals surface area (Å²) in [6.07, 6.45) is 3.55. The number of aromatic hydroxyl groups is 1. The second-order valence-electron chi connectivity index (χ2n) is 5.51. The fourth-order valence-corrected chi connectivity index (χ4v) is 2.87. The molecule has 1 fully saturated rings. The quantitative estimate of drug-likeness (QED) is 0.856. The fourth-order valence-electron chi connectivity index (χ4n) is 2.87. The first-order valence-electron chi connectivity index (χ1n) is 7.46. The molecule has 0 amide bonds. The van der Waals surface area contributed by atoms with Gasteiger partial charge >= 0.3 is 0 Å². The average Bonchev–Trinajstić information content (AvgIpc) is 2.44. The van der Waals surface area contributed by atoms with Gasteiger partial charge in [-0.15, -0.1) is 0 Å². The van der Waals surface area contributed by atoms with Gasteiger partial charge in [0.05, 0.1) is 0 Å². The SMILES string of the molecule is CCCC[C@@H](c1cc(C)ccc1O)N1CCNCC1. The molecule has 1 heterocycles. The third kappa shape index (κ3) is 3.71. The van der Waals surface area contributed by atoms with Gasteiger partial charge in [0.25, 0.3) is 0 Å². The highest BCUT2D eigenvalue weighted by atomic mass is 16.3. The van der Waals surface area contributed by atoms with E-state index in [0.29, 0.717) is 11.8 Å². The van der Waals surface area contributed by atoms with Gasteiger partial charge in [-0.25, -0.2) is 0 Å². The molecular formula is C16H26N2O. The van der Waals surface area contributed by atoms with Crippen LogP contribution in [0, 0.1) is 6.92 Å². The van der Waals surface area contributed by atoms with E-state index >= 15 is 0 Å². The van der Waals surface area contributed by atoms with Crippen molar-refractivity contribution in [3.05, 3.63) is 29.3 Å². The molecule has 1 atom stereocenters. The van der Waals surface area contributed by atoms with Gasteiger partial charge in [-0.1, -0.05) is 37.5 Å². The zero-order chi connectivity index (χ0) is 13.7. The first kappa shape index (κ1) is 14.4. The van der Waals surface area contributed by atoms with Crippen LogP contribution in [0.3, 0.4) is 0 Å². The molecule has 1 saturated heterocycles. The first-order chi connectivity index (χ1) is 9.22. The van der Waals surface area contributed by atoms with Crippen LogP contribution in [-0.4, -0.2) is 36.2 Å². The third-order valence-corrected chi connectivity index (χ3v) is 3.97. The van der Waals surface area contributed by atoms with Gasteiger partial charge in [-0.05, 0) is 19.4 Å². The predicted molar refractivity (Wildman–Crippen MR) is 79.6 cm³/mol. The summed E-state index contributed by atoms with van der Waals surface area (Å²) >= 11 is 0. The van der Waals surface area contributed by atoms with E-state index in [1.165, 1.54) is 18.4 Å². The van der Waals surface area contributed by atoms with Gasteiger partial charge in [0.1, 0.15) is 5.75 Å². The maximum atomic E-state index is 10.2. The molecule has 2 rings (SSSR count). The maximum absolute atomic E-state index is 10.2. The van der Waals surface area contributed by atoms with Gasteiger partial charge in [0.2, 0.25) is 0 Å². The number of nitrogens with one attached hydrogen (secondary N) is 1. The minimum Gasteiger partial charge on any atom is -0.508 e. The lowest BCUT2D eigenvalue weighted by Gasteiger charge is -2.35. The average molecular weight is 262 g/mol. The largest absolute Gasteiger partial charge is 0.508 e. The number of nitrogens with zero attached hydrogens (tertiary/aromatic N) is 1. The molecule has 0 saturated carbocycles. The second-order valence-corrected chi connectivity index (χ2v) is 5.51. The molecule has 0 unspecified atom stereocenters. The molecule has 2 N–H and O–H groups in total. The van der Waals surface area contributed by atoms with Crippen LogP contribution < -0.4 is 5.32 Å². The summed E-state index contributed by atoms with van der Waals surface area (Å²) in [4.78, 5) is 2.51. The Bertz CT molecular complexity index is 400. The number of piperazine rings is 1. The number of phenols is 1. The number of aryl methyl sites for hydroxylation is 1. The van der Waals surface area contributed by atoms with Crippen LogP contribution in [0.2, 0.25) is 0 Å². The molecule has 19 heavy (non-hydrogen) atoms. The molecule has 0 aliphatic carbocycles. The third-order valence-electron chi connectivity index (χ3n) is 3.97. The van der Waals surface area contributed by atoms with Gasteiger partial charge in [0, 0.05) is 37.8 Å². The van der Waals surface area contributed by atoms with Gasteiger partial charge in [-0.2, -0.15) is 0 Å². The summed E-state index contributed by atoms with van der Waals surface area (Å²) in [7, 11) is 0. The fraction of sp³-hybridized carbons (Fsp3) is 0.625. The summed E-state index contributed by atoms with van der Waals surface area (Å²) in [5, 5.41) is 13.6. The molecule has 0 radical (unpaired) electrons. The molecule has 0 spiro atoms. The molecule has 0 bridgehead atoms. The molecule has 106 valence electrons. The van der Waals surface area contributed by atoms with Gasteiger partial charge < -0.3 is 10.4 Å². The van der Waals surface area contributed by atoms with Crippen LogP contribution in [0.4, 0.5) is 0 Å². The molecular weight excluding hydrogens is 236 g/mol. The summed E-state index contributed by atoms with van der Waals surface area (Å²) < 4.78 is 0. The number of unbranched alkanes of at least 4 members (excludes halogenated alkanes) is 1. The lowest BCUT2D eigenvalue weighted by atomic mass is 9.96. The lowest BCUT2D eigenvalue weighted by Crippen LogP contribution is -2.45. The Morgan fingerprint density at radius 1 is 1.32 bits per heavy atom. The Hall–Kier alpha value is -1.06. The molecule has 1 aromatic rings. The van der Waals surface area contributed by atoms with Crippen molar-refractivity contribution in [3.8, 4) is 5.75 Å². The Labute approximate surface area is 116 Å². The van der Waals surface area contributed by atoms with E-state index in [4.69, 9.17) is 0 Å². The molecule has 1 aliphatic rings. The monoisotopic (exact) mass is 262 g/mol. The lowest BCUT2D eigenvalue weighted by molar-refractivity contribution is 0.160. The van der Waals surface area contributed by atoms with Crippen molar-refractivity contribution >= 4 is 0 Å². The zero-order valence-electron chi connectivity index (χ0n) is 12.2. The minimum atomic E-state index is 0.363. The number of benzene rings is 1. The van der Waals surface area contributed by atoms with E-state index < -0.39 is 0 Å². The normalized spacial score (nSPS) is 18.4. The molecule has 3 heteroatoms. The summed E-state index contributed by atoms with van der Waals surface area (Å²) in [6, 6.07) is 6.33. The van der Waals surface area contributed by atoms with Crippen molar-refractivity contribution in [2.45, 2.75) is 39.2 Å². The van der Waals surface area contributed by atoms with Crippen molar-refractivity contribution in [3.63, 3.8) is 0 Å².